The summed E-state index contributed by atoms with van der Waals surface area (Å²) < 4.78 is 32.8. The fourth-order valence-electron chi connectivity index (χ4n) is 7.59. The smallest absolute Gasteiger partial charge is 0.466 e. The predicted octanol–water partition coefficient (Wildman–Crippen LogP) is 2.80. The molecule has 8 heteroatoms. The number of aliphatic hydroxyl groups is 1. The average Bonchev–Trinajstić information content (AvgIpc) is 3.21. The number of allylic oxidation sites excluding steroid dienone is 4. The summed E-state index contributed by atoms with van der Waals surface area (Å²) in [7, 11) is 1.21. The van der Waals surface area contributed by atoms with Gasteiger partial charge in [-0.15, -0.1) is 0 Å². The average molecular weight is 434 g/mol. The van der Waals surface area contributed by atoms with Gasteiger partial charge in [0.1, 0.15) is 0 Å². The number of carbonyl (C=O) groups excluding carboxylic acids is 3. The van der Waals surface area contributed by atoms with Crippen LogP contribution in [0.5, 0.6) is 0 Å². The molecule has 0 aromatic heterocycles. The van der Waals surface area contributed by atoms with Gasteiger partial charge in [0.15, 0.2) is 17.1 Å². The first-order valence-corrected chi connectivity index (χ1v) is 10.8. The second-order valence-corrected chi connectivity index (χ2v) is 10.1. The van der Waals surface area contributed by atoms with Gasteiger partial charge in [-0.2, -0.15) is 0 Å². The van der Waals surface area contributed by atoms with E-state index in [2.05, 4.69) is 0 Å². The van der Waals surface area contributed by atoms with Crippen molar-refractivity contribution in [3.63, 3.8) is 0 Å². The first-order chi connectivity index (χ1) is 14.5. The summed E-state index contributed by atoms with van der Waals surface area (Å²) in [6, 6.07) is 0. The zero-order chi connectivity index (χ0) is 22.4. The lowest BCUT2D eigenvalue weighted by atomic mass is 9.44. The maximum Gasteiger partial charge on any atom is 0.510 e. The van der Waals surface area contributed by atoms with Crippen LogP contribution in [-0.2, 0) is 23.8 Å². The topological polar surface area (TPSA) is 99.1 Å². The molecule has 3 saturated carbocycles. The van der Waals surface area contributed by atoms with Crippen LogP contribution in [0.3, 0.4) is 0 Å². The number of rotatable bonds is 1. The molecule has 7 nitrogen and oxygen atoms in total. The first kappa shape index (κ1) is 20.7. The van der Waals surface area contributed by atoms with Crippen LogP contribution >= 0.6 is 0 Å². The molecule has 31 heavy (non-hydrogen) atoms. The van der Waals surface area contributed by atoms with Crippen LogP contribution < -0.4 is 0 Å². The van der Waals surface area contributed by atoms with Gasteiger partial charge in [0.05, 0.1) is 13.2 Å². The number of halogens is 1. The van der Waals surface area contributed by atoms with Crippen molar-refractivity contribution in [2.45, 2.75) is 69.4 Å². The van der Waals surface area contributed by atoms with Crippen molar-refractivity contribution in [2.75, 3.05) is 7.11 Å². The van der Waals surface area contributed by atoms with E-state index in [9.17, 15) is 19.5 Å². The van der Waals surface area contributed by atoms with Crippen LogP contribution in [0.15, 0.2) is 23.8 Å². The number of hydrogen-bond donors (Lipinski definition) is 1. The highest BCUT2D eigenvalue weighted by atomic mass is 19.1. The number of methoxy groups -OCH3 is 1. The number of ether oxygens (including phenoxy) is 3. The Hall–Kier alpha value is -2.22. The molecule has 168 valence electrons. The molecule has 0 bridgehead atoms. The summed E-state index contributed by atoms with van der Waals surface area (Å²) in [5, 5.41) is 11.3. The zero-order valence-electron chi connectivity index (χ0n) is 17.9. The van der Waals surface area contributed by atoms with E-state index in [1.807, 2.05) is 6.92 Å². The Morgan fingerprint density at radius 2 is 2.00 bits per heavy atom. The van der Waals surface area contributed by atoms with Gasteiger partial charge in [-0.25, -0.2) is 14.0 Å². The first-order valence-electron chi connectivity index (χ1n) is 10.8. The van der Waals surface area contributed by atoms with E-state index >= 15 is 4.39 Å². The lowest BCUT2D eigenvalue weighted by Crippen LogP contribution is -2.69. The van der Waals surface area contributed by atoms with E-state index in [-0.39, 0.29) is 18.1 Å². The van der Waals surface area contributed by atoms with Crippen LogP contribution in [0.4, 0.5) is 9.18 Å². The summed E-state index contributed by atoms with van der Waals surface area (Å²) in [5.74, 6) is -1.65. The minimum atomic E-state index is -1.98. The molecule has 1 N–H and O–H groups in total. The SMILES string of the molecule is COC(=O)[C@H]1OC(=O)O[C@@]12CC[C@H]1[C@@H]3CCC4=CC(=O)C=C[C@]4(C)[C@@]3(F)[C@@H](O)C[C@@]12C. The van der Waals surface area contributed by atoms with Gasteiger partial charge in [0, 0.05) is 16.7 Å². The number of cyclic esters (lactones) is 1. The van der Waals surface area contributed by atoms with Crippen LogP contribution in [0.2, 0.25) is 0 Å². The van der Waals surface area contributed by atoms with Crippen molar-refractivity contribution < 1.29 is 38.1 Å². The molecule has 1 heterocycles. The molecule has 5 aliphatic rings. The summed E-state index contributed by atoms with van der Waals surface area (Å²) in [6.45, 7) is 3.61. The number of esters is 1. The Kier molecular flexibility index (Phi) is 4.12. The number of ketones is 1. The van der Waals surface area contributed by atoms with E-state index < -0.39 is 52.4 Å². The minimum absolute atomic E-state index is 0.000538. The second-order valence-electron chi connectivity index (χ2n) is 10.1. The van der Waals surface area contributed by atoms with Crippen LogP contribution in [0.1, 0.15) is 46.0 Å². The number of aliphatic hydroxyl groups excluding tert-OH is 1. The molecule has 0 aromatic rings. The highest BCUT2D eigenvalue weighted by Gasteiger charge is 2.78. The summed E-state index contributed by atoms with van der Waals surface area (Å²) >= 11 is 0. The van der Waals surface area contributed by atoms with Crippen molar-refractivity contribution >= 4 is 17.9 Å². The number of fused-ring (bicyclic) bond motifs is 6. The number of alkyl halides is 1. The summed E-state index contributed by atoms with van der Waals surface area (Å²) in [6.07, 6.45) is 2.77. The second kappa shape index (κ2) is 6.18. The molecule has 0 amide bonds. The third kappa shape index (κ3) is 2.24. The Morgan fingerprint density at radius 3 is 2.71 bits per heavy atom. The Labute approximate surface area is 179 Å². The Morgan fingerprint density at radius 1 is 1.26 bits per heavy atom. The highest BCUT2D eigenvalue weighted by molar-refractivity contribution is 6.01. The third-order valence-electron chi connectivity index (χ3n) is 9.14. The van der Waals surface area contributed by atoms with E-state index in [4.69, 9.17) is 14.2 Å². The molecule has 5 rings (SSSR count). The standard InChI is InChI=1S/C23H27FO7/c1-20-8-6-13(25)10-12(20)4-5-15-14-7-9-22(17(18(27)29-3)30-19(28)31-22)21(14,2)11-16(26)23(15,20)24/h6,8,10,14-17,26H,4-5,7,9,11H2,1-3H3/t14-,15-,16-,17+,20-,21-,22-,23-/m0/s1. The molecule has 4 aliphatic carbocycles. The van der Waals surface area contributed by atoms with Crippen molar-refractivity contribution in [1.82, 2.24) is 0 Å². The van der Waals surface area contributed by atoms with Gasteiger partial charge >= 0.3 is 12.1 Å². The normalized spacial score (nSPS) is 50.2. The van der Waals surface area contributed by atoms with Gasteiger partial charge in [0.2, 0.25) is 6.10 Å². The highest BCUT2D eigenvalue weighted by Crippen LogP contribution is 2.71. The minimum Gasteiger partial charge on any atom is -0.466 e. The molecule has 4 fully saturated rings. The molecule has 0 radical (unpaired) electrons. The summed E-state index contributed by atoms with van der Waals surface area (Å²) in [4.78, 5) is 36.5. The van der Waals surface area contributed by atoms with Crippen LogP contribution in [0.25, 0.3) is 0 Å². The summed E-state index contributed by atoms with van der Waals surface area (Å²) in [5.41, 5.74) is -4.54. The zero-order valence-corrected chi connectivity index (χ0v) is 17.9. The van der Waals surface area contributed by atoms with Crippen LogP contribution in [0, 0.1) is 22.7 Å². The third-order valence-corrected chi connectivity index (χ3v) is 9.14. The Balaban J connectivity index is 1.60. The maximum absolute atomic E-state index is 17.1. The van der Waals surface area contributed by atoms with Crippen molar-refractivity contribution in [2.24, 2.45) is 22.7 Å². The van der Waals surface area contributed by atoms with E-state index in [0.717, 1.165) is 0 Å². The van der Waals surface area contributed by atoms with E-state index in [1.165, 1.54) is 19.3 Å². The fraction of sp³-hybridized carbons (Fsp3) is 0.696. The molecule has 1 spiro atoms. The largest absolute Gasteiger partial charge is 0.510 e. The van der Waals surface area contributed by atoms with Gasteiger partial charge in [-0.3, -0.25) is 4.79 Å². The fourth-order valence-corrected chi connectivity index (χ4v) is 7.59. The molecular weight excluding hydrogens is 407 g/mol. The lowest BCUT2D eigenvalue weighted by Gasteiger charge is -2.62. The quantitative estimate of drug-likeness (QED) is 0.634. The van der Waals surface area contributed by atoms with Gasteiger partial charge in [-0.05, 0) is 57.1 Å². The molecule has 8 atom stereocenters. The molecule has 0 unspecified atom stereocenters. The molecule has 0 aromatic carbocycles. The molecule has 1 aliphatic heterocycles. The maximum atomic E-state index is 17.1. The van der Waals surface area contributed by atoms with E-state index in [1.54, 1.807) is 13.0 Å². The Bertz CT molecular complexity index is 942. The van der Waals surface area contributed by atoms with Gasteiger partial charge in [-0.1, -0.05) is 18.6 Å². The number of carbonyl (C=O) groups is 3. The monoisotopic (exact) mass is 434 g/mol. The molecule has 1 saturated heterocycles. The van der Waals surface area contributed by atoms with Gasteiger partial charge in [0.25, 0.3) is 0 Å². The lowest BCUT2D eigenvalue weighted by molar-refractivity contribution is -0.219. The van der Waals surface area contributed by atoms with Crippen molar-refractivity contribution in [1.29, 1.82) is 0 Å². The molecular formula is C23H27FO7. The predicted molar refractivity (Wildman–Crippen MR) is 104 cm³/mol. The van der Waals surface area contributed by atoms with E-state index in [0.29, 0.717) is 31.3 Å². The number of hydrogen-bond acceptors (Lipinski definition) is 7. The van der Waals surface area contributed by atoms with Crippen molar-refractivity contribution in [3.8, 4) is 0 Å². The van der Waals surface area contributed by atoms with Crippen LogP contribution in [-0.4, -0.2) is 53.6 Å². The van der Waals surface area contributed by atoms with Crippen molar-refractivity contribution in [3.05, 3.63) is 23.8 Å². The van der Waals surface area contributed by atoms with Gasteiger partial charge < -0.3 is 19.3 Å².